The number of nitrogens with two attached hydrogens (primary N) is 1. The summed E-state index contributed by atoms with van der Waals surface area (Å²) in [5.41, 5.74) is 9.72. The summed E-state index contributed by atoms with van der Waals surface area (Å²) in [6.45, 7) is 2.66. The number of rotatable bonds is 4. The standard InChI is InChI=1S/C17H18N4O2/c1-10-13(16(22)19-7-6-18)9-20-15(10)8-12-11-4-2-3-5-14(11)21-17(12)23/h2-5,8-9,20H,6-7,18H2,1H3,(H,19,22)(H,21,23)/b12-8-. The zero-order valence-electron chi connectivity index (χ0n) is 12.8. The highest BCUT2D eigenvalue weighted by Crippen LogP contribution is 2.33. The van der Waals surface area contributed by atoms with Crippen LogP contribution in [0.2, 0.25) is 0 Å². The van der Waals surface area contributed by atoms with E-state index >= 15 is 0 Å². The van der Waals surface area contributed by atoms with Crippen molar-refractivity contribution < 1.29 is 9.59 Å². The fraction of sp³-hybridized carbons (Fsp3) is 0.176. The Morgan fingerprint density at radius 2 is 2.13 bits per heavy atom. The van der Waals surface area contributed by atoms with Gasteiger partial charge in [0, 0.05) is 36.2 Å². The first-order valence-electron chi connectivity index (χ1n) is 7.40. The Labute approximate surface area is 133 Å². The molecule has 0 unspecified atom stereocenters. The van der Waals surface area contributed by atoms with Crippen LogP contribution in [0.4, 0.5) is 5.69 Å². The molecule has 0 aliphatic carbocycles. The van der Waals surface area contributed by atoms with Crippen molar-refractivity contribution in [2.24, 2.45) is 5.73 Å². The zero-order valence-corrected chi connectivity index (χ0v) is 12.8. The number of amides is 2. The van der Waals surface area contributed by atoms with E-state index in [1.54, 1.807) is 12.3 Å². The summed E-state index contributed by atoms with van der Waals surface area (Å²) in [6, 6.07) is 7.52. The van der Waals surface area contributed by atoms with Gasteiger partial charge in [0.05, 0.1) is 11.1 Å². The average Bonchev–Trinajstić information content (AvgIpc) is 3.06. The Hall–Kier alpha value is -2.86. The van der Waals surface area contributed by atoms with Crippen molar-refractivity contribution >= 4 is 29.2 Å². The molecule has 2 heterocycles. The van der Waals surface area contributed by atoms with E-state index in [1.165, 1.54) is 0 Å². The topological polar surface area (TPSA) is 100 Å². The second-order valence-corrected chi connectivity index (χ2v) is 5.34. The lowest BCUT2D eigenvalue weighted by atomic mass is 10.0. The van der Waals surface area contributed by atoms with Crippen LogP contribution in [0.25, 0.3) is 11.6 Å². The lowest BCUT2D eigenvalue weighted by Crippen LogP contribution is -2.29. The molecule has 0 spiro atoms. The molecule has 118 valence electrons. The van der Waals surface area contributed by atoms with Crippen LogP contribution in [0.5, 0.6) is 0 Å². The third-order valence-electron chi connectivity index (χ3n) is 3.85. The first-order chi connectivity index (χ1) is 11.1. The summed E-state index contributed by atoms with van der Waals surface area (Å²) >= 11 is 0. The summed E-state index contributed by atoms with van der Waals surface area (Å²) < 4.78 is 0. The fourth-order valence-electron chi connectivity index (χ4n) is 2.60. The van der Waals surface area contributed by atoms with E-state index < -0.39 is 0 Å². The molecule has 2 aromatic rings. The molecule has 0 saturated heterocycles. The molecular formula is C17H18N4O2. The molecule has 0 bridgehead atoms. The SMILES string of the molecule is Cc1c(C(=O)NCCN)c[nH]c1/C=C1\C(=O)Nc2ccccc21. The minimum Gasteiger partial charge on any atom is -0.361 e. The predicted octanol–water partition coefficient (Wildman–Crippen LogP) is 1.50. The molecular weight excluding hydrogens is 292 g/mol. The number of H-pyrrole nitrogens is 1. The van der Waals surface area contributed by atoms with Gasteiger partial charge < -0.3 is 21.4 Å². The van der Waals surface area contributed by atoms with E-state index in [4.69, 9.17) is 5.73 Å². The number of hydrogen-bond donors (Lipinski definition) is 4. The van der Waals surface area contributed by atoms with E-state index in [-0.39, 0.29) is 11.8 Å². The van der Waals surface area contributed by atoms with Crippen molar-refractivity contribution in [3.63, 3.8) is 0 Å². The molecule has 1 aromatic heterocycles. The second kappa shape index (κ2) is 6.10. The Morgan fingerprint density at radius 3 is 2.91 bits per heavy atom. The van der Waals surface area contributed by atoms with E-state index in [0.29, 0.717) is 24.2 Å². The maximum atomic E-state index is 12.1. The van der Waals surface area contributed by atoms with Crippen molar-refractivity contribution in [3.8, 4) is 0 Å². The Kier molecular flexibility index (Phi) is 3.99. The molecule has 1 aromatic carbocycles. The first-order valence-corrected chi connectivity index (χ1v) is 7.40. The molecule has 6 nitrogen and oxygen atoms in total. The van der Waals surface area contributed by atoms with Gasteiger partial charge in [-0.05, 0) is 24.6 Å². The number of para-hydroxylation sites is 1. The molecule has 0 radical (unpaired) electrons. The van der Waals surface area contributed by atoms with E-state index in [9.17, 15) is 9.59 Å². The van der Waals surface area contributed by atoms with Gasteiger partial charge in [-0.2, -0.15) is 0 Å². The fourth-order valence-corrected chi connectivity index (χ4v) is 2.60. The van der Waals surface area contributed by atoms with Gasteiger partial charge in [-0.1, -0.05) is 18.2 Å². The van der Waals surface area contributed by atoms with Gasteiger partial charge in [-0.15, -0.1) is 0 Å². The molecule has 0 fully saturated rings. The van der Waals surface area contributed by atoms with Crippen molar-refractivity contribution in [3.05, 3.63) is 52.8 Å². The van der Waals surface area contributed by atoms with Crippen molar-refractivity contribution in [1.82, 2.24) is 10.3 Å². The van der Waals surface area contributed by atoms with Gasteiger partial charge in [0.1, 0.15) is 0 Å². The summed E-state index contributed by atoms with van der Waals surface area (Å²) in [5, 5.41) is 5.57. The molecule has 3 rings (SSSR count). The minimum absolute atomic E-state index is 0.144. The normalized spacial score (nSPS) is 14.7. The highest BCUT2D eigenvalue weighted by molar-refractivity contribution is 6.34. The van der Waals surface area contributed by atoms with Crippen molar-refractivity contribution in [2.45, 2.75) is 6.92 Å². The van der Waals surface area contributed by atoms with Crippen LogP contribution < -0.4 is 16.4 Å². The molecule has 0 saturated carbocycles. The Balaban J connectivity index is 1.93. The number of carbonyl (C=O) groups is 2. The molecule has 23 heavy (non-hydrogen) atoms. The van der Waals surface area contributed by atoms with E-state index in [2.05, 4.69) is 15.6 Å². The number of fused-ring (bicyclic) bond motifs is 1. The number of carbonyl (C=O) groups excluding carboxylic acids is 2. The van der Waals surface area contributed by atoms with Crippen LogP contribution in [-0.2, 0) is 4.79 Å². The van der Waals surface area contributed by atoms with Crippen LogP contribution in [0.1, 0.15) is 27.2 Å². The van der Waals surface area contributed by atoms with Crippen LogP contribution >= 0.6 is 0 Å². The molecule has 2 amide bonds. The van der Waals surface area contributed by atoms with Gasteiger partial charge in [0.25, 0.3) is 11.8 Å². The summed E-state index contributed by atoms with van der Waals surface area (Å²) in [4.78, 5) is 27.3. The number of hydrogen-bond acceptors (Lipinski definition) is 3. The van der Waals surface area contributed by atoms with Gasteiger partial charge >= 0.3 is 0 Å². The highest BCUT2D eigenvalue weighted by Gasteiger charge is 2.24. The quantitative estimate of drug-likeness (QED) is 0.644. The van der Waals surface area contributed by atoms with Crippen molar-refractivity contribution in [2.75, 3.05) is 18.4 Å². The molecule has 5 N–H and O–H groups in total. The van der Waals surface area contributed by atoms with Crippen LogP contribution in [0, 0.1) is 6.92 Å². The van der Waals surface area contributed by atoms with Gasteiger partial charge in [-0.25, -0.2) is 0 Å². The molecule has 0 atom stereocenters. The van der Waals surface area contributed by atoms with Crippen LogP contribution in [0.3, 0.4) is 0 Å². The number of aromatic amines is 1. The summed E-state index contributed by atoms with van der Waals surface area (Å²) in [5.74, 6) is -0.320. The molecule has 1 aliphatic heterocycles. The first kappa shape index (κ1) is 15.1. The van der Waals surface area contributed by atoms with E-state index in [0.717, 1.165) is 22.5 Å². The Bertz CT molecular complexity index is 805. The third kappa shape index (κ3) is 2.76. The van der Waals surface area contributed by atoms with Gasteiger partial charge in [-0.3, -0.25) is 9.59 Å². The second-order valence-electron chi connectivity index (χ2n) is 5.34. The Morgan fingerprint density at radius 1 is 1.35 bits per heavy atom. The number of nitrogens with one attached hydrogen (secondary N) is 3. The summed E-state index contributed by atoms with van der Waals surface area (Å²) in [6.07, 6.45) is 3.42. The number of anilines is 1. The molecule has 6 heteroatoms. The maximum absolute atomic E-state index is 12.1. The zero-order chi connectivity index (χ0) is 16.4. The number of benzene rings is 1. The van der Waals surface area contributed by atoms with E-state index in [1.807, 2.05) is 31.2 Å². The summed E-state index contributed by atoms with van der Waals surface area (Å²) in [7, 11) is 0. The third-order valence-corrected chi connectivity index (χ3v) is 3.85. The van der Waals surface area contributed by atoms with Crippen LogP contribution in [0.15, 0.2) is 30.5 Å². The highest BCUT2D eigenvalue weighted by atomic mass is 16.2. The maximum Gasteiger partial charge on any atom is 0.256 e. The lowest BCUT2D eigenvalue weighted by molar-refractivity contribution is -0.110. The average molecular weight is 310 g/mol. The minimum atomic E-state index is -0.176. The lowest BCUT2D eigenvalue weighted by Gasteiger charge is -2.02. The number of aromatic nitrogens is 1. The van der Waals surface area contributed by atoms with Gasteiger partial charge in [0.15, 0.2) is 0 Å². The predicted molar refractivity (Wildman–Crippen MR) is 89.9 cm³/mol. The smallest absolute Gasteiger partial charge is 0.256 e. The van der Waals surface area contributed by atoms with Crippen LogP contribution in [-0.4, -0.2) is 29.9 Å². The monoisotopic (exact) mass is 310 g/mol. The van der Waals surface area contributed by atoms with Crippen molar-refractivity contribution in [1.29, 1.82) is 0 Å². The van der Waals surface area contributed by atoms with Gasteiger partial charge in [0.2, 0.25) is 0 Å². The molecule has 1 aliphatic rings. The largest absolute Gasteiger partial charge is 0.361 e.